The van der Waals surface area contributed by atoms with Gasteiger partial charge in [-0.05, 0) is 117 Å². The summed E-state index contributed by atoms with van der Waals surface area (Å²) in [6.07, 6.45) is 13.9. The van der Waals surface area contributed by atoms with Crippen LogP contribution in [0.2, 0.25) is 0 Å². The summed E-state index contributed by atoms with van der Waals surface area (Å²) in [6, 6.07) is 0. The summed E-state index contributed by atoms with van der Waals surface area (Å²) < 4.78 is 5.90. The molecule has 5 fully saturated rings. The maximum atomic E-state index is 11.9. The highest BCUT2D eigenvalue weighted by molar-refractivity contribution is 5.67. The molecule has 36 heavy (non-hydrogen) atoms. The number of oxime groups is 1. The molecule has 4 nitrogen and oxygen atoms in total. The lowest BCUT2D eigenvalue weighted by Crippen LogP contribution is -2.66. The van der Waals surface area contributed by atoms with Crippen LogP contribution in [0.5, 0.6) is 0 Å². The fraction of sp³-hybridized carbons (Fsp3) is 0.875. The molecule has 202 valence electrons. The van der Waals surface area contributed by atoms with Gasteiger partial charge in [0.05, 0.1) is 6.21 Å². The van der Waals surface area contributed by atoms with Gasteiger partial charge in [0.2, 0.25) is 0 Å². The largest absolute Gasteiger partial charge is 0.462 e. The summed E-state index contributed by atoms with van der Waals surface area (Å²) in [5, 5.41) is 13.4. The molecule has 0 radical (unpaired) electrons. The summed E-state index contributed by atoms with van der Waals surface area (Å²) in [6.45, 7) is 20.9. The first-order chi connectivity index (χ1) is 16.8. The van der Waals surface area contributed by atoms with Crippen LogP contribution in [0.1, 0.15) is 113 Å². The Morgan fingerprint density at radius 2 is 1.61 bits per heavy atom. The Hall–Kier alpha value is -1.32. The number of rotatable bonds is 3. The van der Waals surface area contributed by atoms with E-state index >= 15 is 0 Å². The summed E-state index contributed by atoms with van der Waals surface area (Å²) >= 11 is 0. The summed E-state index contributed by atoms with van der Waals surface area (Å²) in [5.74, 6) is 2.89. The molecule has 0 aromatic carbocycles. The number of allylic oxidation sites excluding steroid dienone is 1. The fourth-order valence-corrected chi connectivity index (χ4v) is 11.9. The van der Waals surface area contributed by atoms with Crippen molar-refractivity contribution in [2.24, 2.45) is 61.8 Å². The van der Waals surface area contributed by atoms with Gasteiger partial charge in [0.25, 0.3) is 0 Å². The van der Waals surface area contributed by atoms with Gasteiger partial charge >= 0.3 is 5.97 Å². The zero-order chi connectivity index (χ0) is 26.3. The van der Waals surface area contributed by atoms with E-state index < -0.39 is 0 Å². The van der Waals surface area contributed by atoms with Gasteiger partial charge in [0.1, 0.15) is 6.10 Å². The highest BCUT2D eigenvalue weighted by atomic mass is 16.5. The van der Waals surface area contributed by atoms with Gasteiger partial charge in [-0.25, -0.2) is 0 Å². The number of hydrogen-bond acceptors (Lipinski definition) is 4. The first-order valence-electron chi connectivity index (χ1n) is 14.8. The smallest absolute Gasteiger partial charge is 0.302 e. The lowest BCUT2D eigenvalue weighted by atomic mass is 9.32. The molecular weight excluding hydrogens is 446 g/mol. The van der Waals surface area contributed by atoms with Crippen LogP contribution < -0.4 is 0 Å². The number of nitrogens with zero attached hydrogens (tertiary/aromatic N) is 1. The van der Waals surface area contributed by atoms with E-state index in [1.807, 2.05) is 6.21 Å². The van der Waals surface area contributed by atoms with Crippen molar-refractivity contribution >= 4 is 12.2 Å². The van der Waals surface area contributed by atoms with Crippen LogP contribution in [-0.4, -0.2) is 23.5 Å². The molecule has 10 atom stereocenters. The topological polar surface area (TPSA) is 58.9 Å². The molecule has 5 rings (SSSR count). The van der Waals surface area contributed by atoms with Crippen molar-refractivity contribution in [1.82, 2.24) is 0 Å². The molecule has 0 amide bonds. The third kappa shape index (κ3) is 3.30. The number of carbonyl (C=O) groups excluding carboxylic acids is 1. The number of esters is 1. The van der Waals surface area contributed by atoms with Crippen LogP contribution in [0.3, 0.4) is 0 Å². The number of carbonyl (C=O) groups is 1. The lowest BCUT2D eigenvalue weighted by molar-refractivity contribution is -0.246. The molecular formula is C32H51NO3. The molecule has 5 aliphatic rings. The molecule has 0 heterocycles. The highest BCUT2D eigenvalue weighted by Crippen LogP contribution is 2.77. The van der Waals surface area contributed by atoms with Gasteiger partial charge in [-0.2, -0.15) is 0 Å². The second-order valence-corrected chi connectivity index (χ2v) is 15.1. The van der Waals surface area contributed by atoms with E-state index in [1.165, 1.54) is 50.5 Å². The molecule has 0 aliphatic heterocycles. The van der Waals surface area contributed by atoms with E-state index in [4.69, 9.17) is 4.74 Å². The van der Waals surface area contributed by atoms with Crippen molar-refractivity contribution in [2.75, 3.05) is 0 Å². The van der Waals surface area contributed by atoms with Crippen molar-refractivity contribution in [3.05, 3.63) is 12.2 Å². The zero-order valence-corrected chi connectivity index (χ0v) is 24.0. The number of ether oxygens (including phenoxy) is 1. The third-order valence-corrected chi connectivity index (χ3v) is 13.7. The first kappa shape index (κ1) is 26.3. The minimum atomic E-state index is -0.133. The molecule has 5 aliphatic carbocycles. The highest BCUT2D eigenvalue weighted by Gasteiger charge is 2.71. The predicted molar refractivity (Wildman–Crippen MR) is 145 cm³/mol. The SMILES string of the molecule is C=C(C)C1CCC2(C=NO)CC[C@]3(C)C(CCC4[C@@]5(C)CCC(OC(C)=O)C(C)(C)C5CC[C@]43C)C12. The Bertz CT molecular complexity index is 955. The predicted octanol–water partition coefficient (Wildman–Crippen LogP) is 8.04. The van der Waals surface area contributed by atoms with Crippen LogP contribution in [0.4, 0.5) is 0 Å². The van der Waals surface area contributed by atoms with Gasteiger partial charge < -0.3 is 9.94 Å². The minimum absolute atomic E-state index is 0.00750. The Labute approximate surface area is 219 Å². The van der Waals surface area contributed by atoms with E-state index in [-0.39, 0.29) is 33.7 Å². The van der Waals surface area contributed by atoms with Crippen LogP contribution in [0.15, 0.2) is 17.3 Å². The van der Waals surface area contributed by atoms with Crippen molar-refractivity contribution in [3.63, 3.8) is 0 Å². The Balaban J connectivity index is 1.52. The molecule has 0 spiro atoms. The van der Waals surface area contributed by atoms with Gasteiger partial charge in [-0.3, -0.25) is 4.79 Å². The zero-order valence-electron chi connectivity index (χ0n) is 24.0. The van der Waals surface area contributed by atoms with Crippen molar-refractivity contribution < 1.29 is 14.7 Å². The van der Waals surface area contributed by atoms with Crippen molar-refractivity contribution in [3.8, 4) is 0 Å². The lowest BCUT2D eigenvalue weighted by Gasteiger charge is -2.72. The van der Waals surface area contributed by atoms with Crippen LogP contribution in [-0.2, 0) is 9.53 Å². The molecule has 0 aromatic rings. The van der Waals surface area contributed by atoms with Gasteiger partial charge in [-0.15, -0.1) is 5.16 Å². The summed E-state index contributed by atoms with van der Waals surface area (Å²) in [4.78, 5) is 11.9. The monoisotopic (exact) mass is 497 g/mol. The molecule has 4 heteroatoms. The van der Waals surface area contributed by atoms with Crippen LogP contribution in [0.25, 0.3) is 0 Å². The summed E-state index contributed by atoms with van der Waals surface area (Å²) in [5.41, 5.74) is 2.24. The average molecular weight is 498 g/mol. The molecule has 7 unspecified atom stereocenters. The van der Waals surface area contributed by atoms with E-state index in [2.05, 4.69) is 53.3 Å². The van der Waals surface area contributed by atoms with E-state index in [9.17, 15) is 10.0 Å². The van der Waals surface area contributed by atoms with Crippen molar-refractivity contribution in [1.29, 1.82) is 0 Å². The summed E-state index contributed by atoms with van der Waals surface area (Å²) in [7, 11) is 0. The van der Waals surface area contributed by atoms with E-state index in [1.54, 1.807) is 6.92 Å². The normalized spacial score (nSPS) is 51.5. The molecule has 5 saturated carbocycles. The third-order valence-electron chi connectivity index (χ3n) is 13.7. The Morgan fingerprint density at radius 1 is 0.889 bits per heavy atom. The average Bonchev–Trinajstić information content (AvgIpc) is 3.16. The molecule has 0 bridgehead atoms. The van der Waals surface area contributed by atoms with Crippen molar-refractivity contribution in [2.45, 2.75) is 119 Å². The molecule has 1 N–H and O–H groups in total. The quantitative estimate of drug-likeness (QED) is 0.141. The van der Waals surface area contributed by atoms with Crippen LogP contribution >= 0.6 is 0 Å². The fourth-order valence-electron chi connectivity index (χ4n) is 11.9. The van der Waals surface area contributed by atoms with Gasteiger partial charge in [0, 0.05) is 17.8 Å². The molecule has 0 aromatic heterocycles. The Morgan fingerprint density at radius 3 is 2.25 bits per heavy atom. The number of hydrogen-bond donors (Lipinski definition) is 1. The second-order valence-electron chi connectivity index (χ2n) is 15.1. The minimum Gasteiger partial charge on any atom is -0.462 e. The van der Waals surface area contributed by atoms with Gasteiger partial charge in [-0.1, -0.05) is 46.8 Å². The van der Waals surface area contributed by atoms with Crippen LogP contribution in [0, 0.1) is 56.7 Å². The maximum Gasteiger partial charge on any atom is 0.302 e. The van der Waals surface area contributed by atoms with Gasteiger partial charge in [0.15, 0.2) is 0 Å². The maximum absolute atomic E-state index is 11.9. The second kappa shape index (κ2) is 8.34. The first-order valence-corrected chi connectivity index (χ1v) is 14.8. The standard InChI is InChI=1S/C32H51NO3/c1-20(2)22-11-16-32(19-33-35)18-17-30(7)23(27(22)32)9-10-25-29(6)14-13-26(36-21(3)34)28(4,5)24(29)12-15-31(25,30)8/h19,22-27,35H,1,9-18H2,2-8H3/t22?,23?,24?,25?,26?,27?,29-,30+,31+,32?/m0/s1. The molecule has 0 saturated heterocycles. The van der Waals surface area contributed by atoms with E-state index in [0.29, 0.717) is 35.0 Å². The van der Waals surface area contributed by atoms with E-state index in [0.717, 1.165) is 19.3 Å². The Kier molecular flexibility index (Phi) is 6.09. The number of fused-ring (bicyclic) bond motifs is 7.